The molecule has 1 aliphatic rings. The van der Waals surface area contributed by atoms with Gasteiger partial charge in [0.15, 0.2) is 6.29 Å². The summed E-state index contributed by atoms with van der Waals surface area (Å²) >= 11 is 0. The van der Waals surface area contributed by atoms with Crippen LogP contribution in [0.4, 0.5) is 14.7 Å². The fourth-order valence-corrected chi connectivity index (χ4v) is 3.38. The first-order valence-corrected chi connectivity index (χ1v) is 10.5. The first-order valence-electron chi connectivity index (χ1n) is 10.5. The van der Waals surface area contributed by atoms with Gasteiger partial charge in [0.1, 0.15) is 11.3 Å². The quantitative estimate of drug-likeness (QED) is 0.454. The number of amides is 1. The van der Waals surface area contributed by atoms with Gasteiger partial charge in [0, 0.05) is 55.3 Å². The van der Waals surface area contributed by atoms with Gasteiger partial charge in [0.05, 0.1) is 18.1 Å². The molecule has 11 heteroatoms. The molecule has 1 N–H and O–H groups in total. The summed E-state index contributed by atoms with van der Waals surface area (Å²) in [5.41, 5.74) is 2.21. The van der Waals surface area contributed by atoms with Crippen LogP contribution in [0.2, 0.25) is 0 Å². The molecule has 176 valence electrons. The Morgan fingerprint density at radius 3 is 2.56 bits per heavy atom. The number of nitrogens with zero attached hydrogens (tertiary/aromatic N) is 5. The number of rotatable bonds is 4. The molecule has 4 aromatic rings. The van der Waals surface area contributed by atoms with Gasteiger partial charge in [0.25, 0.3) is 11.8 Å². The second-order valence-electron chi connectivity index (χ2n) is 7.88. The zero-order valence-corrected chi connectivity index (χ0v) is 18.3. The number of alkyl halides is 2. The lowest BCUT2D eigenvalue weighted by Gasteiger charge is -2.28. The van der Waals surface area contributed by atoms with E-state index in [1.807, 2.05) is 28.8 Å². The number of hydrogen-bond acceptors (Lipinski definition) is 7. The number of aromatic nitrogens is 4. The lowest BCUT2D eigenvalue weighted by atomic mass is 10.1. The van der Waals surface area contributed by atoms with Crippen molar-refractivity contribution in [2.75, 3.05) is 25.5 Å². The van der Waals surface area contributed by atoms with E-state index in [2.05, 4.69) is 20.4 Å². The normalized spacial score (nSPS) is 15.4. The summed E-state index contributed by atoms with van der Waals surface area (Å²) < 4.78 is 31.4. The largest absolute Gasteiger partial charge is 0.338 e. The molecule has 0 atom stereocenters. The van der Waals surface area contributed by atoms with Crippen LogP contribution in [0.25, 0.3) is 16.7 Å². The summed E-state index contributed by atoms with van der Waals surface area (Å²) in [4.78, 5) is 33.3. The van der Waals surface area contributed by atoms with Crippen LogP contribution in [0.15, 0.2) is 59.6 Å². The molecule has 1 amide bonds. The Kier molecular flexibility index (Phi) is 6.73. The van der Waals surface area contributed by atoms with E-state index in [9.17, 15) is 18.4 Å². The fourth-order valence-electron chi connectivity index (χ4n) is 3.38. The molecule has 0 aromatic carbocycles. The molecule has 0 unspecified atom stereocenters. The summed E-state index contributed by atoms with van der Waals surface area (Å²) in [5, 5.41) is 6.91. The second-order valence-corrected chi connectivity index (χ2v) is 7.88. The lowest BCUT2D eigenvalue weighted by molar-refractivity contribution is -0.0504. The highest BCUT2D eigenvalue weighted by Crippen LogP contribution is 2.26. The molecule has 5 rings (SSSR count). The second kappa shape index (κ2) is 9.87. The summed E-state index contributed by atoms with van der Waals surface area (Å²) in [6.07, 6.45) is 7.17. The van der Waals surface area contributed by atoms with E-state index >= 15 is 0 Å². The average molecular weight is 468 g/mol. The van der Waals surface area contributed by atoms with Gasteiger partial charge in [-0.15, -0.1) is 0 Å². The number of likely N-dealkylation sites (tertiary alicyclic amines) is 1. The predicted octanol–water partition coefficient (Wildman–Crippen LogP) is 3.82. The maximum atomic E-state index is 12.4. The van der Waals surface area contributed by atoms with Crippen molar-refractivity contribution >= 4 is 29.1 Å². The van der Waals surface area contributed by atoms with Gasteiger partial charge < -0.3 is 9.42 Å². The highest BCUT2D eigenvalue weighted by atomic mass is 19.3. The first kappa shape index (κ1) is 23.2. The summed E-state index contributed by atoms with van der Waals surface area (Å²) in [6.45, 7) is 1.07. The van der Waals surface area contributed by atoms with Crippen molar-refractivity contribution in [3.05, 3.63) is 66.4 Å². The zero-order valence-electron chi connectivity index (χ0n) is 18.3. The van der Waals surface area contributed by atoms with Crippen molar-refractivity contribution in [3.63, 3.8) is 0 Å². The number of piperidine rings is 1. The number of halogens is 2. The molecular weight excluding hydrogens is 446 g/mol. The summed E-state index contributed by atoms with van der Waals surface area (Å²) in [6, 6.07) is 8.53. The Morgan fingerprint density at radius 2 is 1.94 bits per heavy atom. The number of carbonyl (C=O) groups excluding carboxylic acids is 2. The standard InChI is InChI=1S/C17H11N5O3.C6H11F2N/c23-10-11-7-12-4-6-22(16(12)19-8-11)13-1-2-14(18-9-13)17(24)21-15-3-5-20-25-15;1-9-4-2-6(7,8)3-5-9/h1-10H,(H,21,24);2-5H2,1H3. The number of fused-ring (bicyclic) bond motifs is 1. The minimum atomic E-state index is -2.38. The fraction of sp³-hybridized carbons (Fsp3) is 0.261. The number of carbonyl (C=O) groups is 2. The van der Waals surface area contributed by atoms with Gasteiger partial charge >= 0.3 is 0 Å². The number of nitrogens with one attached hydrogen (secondary N) is 1. The lowest BCUT2D eigenvalue weighted by Crippen LogP contribution is -2.36. The van der Waals surface area contributed by atoms with Gasteiger partial charge in [-0.3, -0.25) is 19.5 Å². The maximum absolute atomic E-state index is 12.4. The van der Waals surface area contributed by atoms with Gasteiger partial charge in [0.2, 0.25) is 5.88 Å². The predicted molar refractivity (Wildman–Crippen MR) is 120 cm³/mol. The third kappa shape index (κ3) is 5.49. The van der Waals surface area contributed by atoms with Crippen molar-refractivity contribution in [3.8, 4) is 5.69 Å². The molecule has 1 aliphatic heterocycles. The Morgan fingerprint density at radius 1 is 1.15 bits per heavy atom. The smallest absolute Gasteiger partial charge is 0.276 e. The van der Waals surface area contributed by atoms with Crippen molar-refractivity contribution in [1.82, 2.24) is 24.6 Å². The van der Waals surface area contributed by atoms with E-state index in [4.69, 9.17) is 4.52 Å². The SMILES string of the molecule is CN1CCC(F)(F)CC1.O=Cc1cnc2c(ccn2-c2ccc(C(=O)Nc3ccno3)nc2)c1. The van der Waals surface area contributed by atoms with Gasteiger partial charge in [-0.1, -0.05) is 5.16 Å². The van der Waals surface area contributed by atoms with Crippen LogP contribution in [-0.2, 0) is 0 Å². The Balaban J connectivity index is 0.000000257. The molecule has 1 fully saturated rings. The summed E-state index contributed by atoms with van der Waals surface area (Å²) in [5.74, 6) is -2.52. The molecule has 0 radical (unpaired) electrons. The van der Waals surface area contributed by atoms with E-state index in [0.717, 1.165) is 17.4 Å². The maximum Gasteiger partial charge on any atom is 0.276 e. The van der Waals surface area contributed by atoms with Crippen LogP contribution >= 0.6 is 0 Å². The number of aldehydes is 1. The van der Waals surface area contributed by atoms with E-state index in [1.165, 1.54) is 18.5 Å². The highest BCUT2D eigenvalue weighted by molar-refractivity contribution is 6.02. The Hall–Kier alpha value is -3.99. The Bertz CT molecular complexity index is 1260. The van der Waals surface area contributed by atoms with Crippen molar-refractivity contribution in [2.24, 2.45) is 0 Å². The highest BCUT2D eigenvalue weighted by Gasteiger charge is 2.32. The van der Waals surface area contributed by atoms with Crippen LogP contribution in [0.3, 0.4) is 0 Å². The van der Waals surface area contributed by atoms with Crippen molar-refractivity contribution in [1.29, 1.82) is 0 Å². The molecule has 4 aromatic heterocycles. The van der Waals surface area contributed by atoms with Crippen LogP contribution < -0.4 is 5.32 Å². The molecule has 34 heavy (non-hydrogen) atoms. The molecular formula is C23H22F2N6O3. The minimum Gasteiger partial charge on any atom is -0.338 e. The van der Waals surface area contributed by atoms with Gasteiger partial charge in [-0.25, -0.2) is 18.7 Å². The number of hydrogen-bond donors (Lipinski definition) is 1. The average Bonchev–Trinajstić information content (AvgIpc) is 3.51. The molecule has 9 nitrogen and oxygen atoms in total. The van der Waals surface area contributed by atoms with E-state index < -0.39 is 11.8 Å². The monoisotopic (exact) mass is 468 g/mol. The van der Waals surface area contributed by atoms with Crippen molar-refractivity contribution < 1.29 is 22.9 Å². The van der Waals surface area contributed by atoms with Crippen LogP contribution in [0, 0.1) is 0 Å². The summed E-state index contributed by atoms with van der Waals surface area (Å²) in [7, 11) is 1.87. The van der Waals surface area contributed by atoms with Crippen LogP contribution in [0.5, 0.6) is 0 Å². The molecule has 0 bridgehead atoms. The molecule has 0 spiro atoms. The molecule has 5 heterocycles. The van der Waals surface area contributed by atoms with Gasteiger partial charge in [-0.2, -0.15) is 0 Å². The van der Waals surface area contributed by atoms with Crippen LogP contribution in [0.1, 0.15) is 33.7 Å². The van der Waals surface area contributed by atoms with Crippen molar-refractivity contribution in [2.45, 2.75) is 18.8 Å². The Labute approximate surface area is 193 Å². The third-order valence-corrected chi connectivity index (χ3v) is 5.34. The zero-order chi connectivity index (χ0) is 24.1. The number of anilines is 1. The number of pyridine rings is 2. The van der Waals surface area contributed by atoms with E-state index in [1.54, 1.807) is 24.4 Å². The van der Waals surface area contributed by atoms with E-state index in [-0.39, 0.29) is 24.4 Å². The van der Waals surface area contributed by atoms with Gasteiger partial charge in [-0.05, 0) is 31.3 Å². The molecule has 1 saturated heterocycles. The topological polar surface area (TPSA) is 106 Å². The van der Waals surface area contributed by atoms with E-state index in [0.29, 0.717) is 24.3 Å². The van der Waals surface area contributed by atoms with Crippen LogP contribution in [-0.4, -0.2) is 62.8 Å². The molecule has 0 saturated carbocycles. The minimum absolute atomic E-state index is 0.0312. The first-order chi connectivity index (χ1) is 16.3. The molecule has 0 aliphatic carbocycles. The third-order valence-electron chi connectivity index (χ3n) is 5.34.